The van der Waals surface area contributed by atoms with E-state index in [-0.39, 0.29) is 6.04 Å². The highest BCUT2D eigenvalue weighted by molar-refractivity contribution is 7.89. The van der Waals surface area contributed by atoms with Gasteiger partial charge in [0.15, 0.2) is 0 Å². The summed E-state index contributed by atoms with van der Waals surface area (Å²) in [5.74, 6) is 0. The molecule has 1 aromatic heterocycles. The van der Waals surface area contributed by atoms with Crippen LogP contribution in [0.3, 0.4) is 0 Å². The maximum atomic E-state index is 12.3. The molecule has 0 aromatic carbocycles. The number of ether oxygens (including phenoxy) is 1. The third kappa shape index (κ3) is 3.30. The highest BCUT2D eigenvalue weighted by Gasteiger charge is 2.24. The first-order valence-electron chi connectivity index (χ1n) is 5.94. The van der Waals surface area contributed by atoms with Crippen LogP contribution in [-0.2, 0) is 21.3 Å². The molecule has 1 aliphatic heterocycles. The zero-order valence-electron chi connectivity index (χ0n) is 10.3. The van der Waals surface area contributed by atoms with Crippen molar-refractivity contribution in [2.75, 3.05) is 20.3 Å². The Labute approximate surface area is 112 Å². The lowest BCUT2D eigenvalue weighted by atomic mass is 10.1. The van der Waals surface area contributed by atoms with Gasteiger partial charge in [-0.2, -0.15) is 0 Å². The molecule has 1 atom stereocenters. The lowest BCUT2D eigenvalue weighted by molar-refractivity contribution is 0.0774. The maximum Gasteiger partial charge on any atom is 0.242 e. The lowest BCUT2D eigenvalue weighted by Crippen LogP contribution is -2.40. The summed E-state index contributed by atoms with van der Waals surface area (Å²) in [6, 6.07) is 1.55. The van der Waals surface area contributed by atoms with Crippen molar-refractivity contribution in [2.45, 2.75) is 30.3 Å². The van der Waals surface area contributed by atoms with Gasteiger partial charge in [0.2, 0.25) is 10.0 Å². The summed E-state index contributed by atoms with van der Waals surface area (Å²) < 4.78 is 32.5. The Morgan fingerprint density at radius 2 is 2.39 bits per heavy atom. The van der Waals surface area contributed by atoms with Gasteiger partial charge >= 0.3 is 0 Å². The molecule has 0 bridgehead atoms. The first-order chi connectivity index (χ1) is 8.63. The molecule has 1 saturated heterocycles. The van der Waals surface area contributed by atoms with Crippen LogP contribution in [0.2, 0.25) is 0 Å². The molecule has 0 aliphatic carbocycles. The second-order valence-corrected chi connectivity index (χ2v) is 6.96. The Hall–Kier alpha value is -0.470. The van der Waals surface area contributed by atoms with Crippen LogP contribution in [0.25, 0.3) is 0 Å². The topological polar surface area (TPSA) is 67.4 Å². The van der Waals surface area contributed by atoms with Crippen LogP contribution in [0.4, 0.5) is 0 Å². The Balaban J connectivity index is 2.11. The molecule has 0 spiro atoms. The largest absolute Gasteiger partial charge is 0.380 e. The van der Waals surface area contributed by atoms with Crippen molar-refractivity contribution in [1.82, 2.24) is 10.0 Å². The minimum absolute atomic E-state index is 0.105. The highest BCUT2D eigenvalue weighted by Crippen LogP contribution is 2.22. The fourth-order valence-electron chi connectivity index (χ4n) is 1.97. The second-order valence-electron chi connectivity index (χ2n) is 4.27. The number of sulfonamides is 1. The van der Waals surface area contributed by atoms with Gasteiger partial charge in [-0.05, 0) is 31.3 Å². The standard InChI is InChI=1S/C11H18N2O3S2/c1-12-7-10-11(4-6-17-10)18(14,15)13-9-3-2-5-16-8-9/h4,6,9,12-13H,2-3,5,7-8H2,1H3. The van der Waals surface area contributed by atoms with E-state index in [9.17, 15) is 8.42 Å². The van der Waals surface area contributed by atoms with Gasteiger partial charge in [0.1, 0.15) is 0 Å². The van der Waals surface area contributed by atoms with Crippen LogP contribution < -0.4 is 10.0 Å². The van der Waals surface area contributed by atoms with E-state index in [1.165, 1.54) is 11.3 Å². The maximum absolute atomic E-state index is 12.3. The van der Waals surface area contributed by atoms with Gasteiger partial charge in [0.25, 0.3) is 0 Å². The van der Waals surface area contributed by atoms with Gasteiger partial charge in [0, 0.05) is 24.1 Å². The van der Waals surface area contributed by atoms with E-state index in [0.29, 0.717) is 18.0 Å². The summed E-state index contributed by atoms with van der Waals surface area (Å²) in [6.07, 6.45) is 1.74. The van der Waals surface area contributed by atoms with E-state index in [1.807, 2.05) is 0 Å². The molecule has 1 unspecified atom stereocenters. The minimum atomic E-state index is -3.43. The van der Waals surface area contributed by atoms with Crippen LogP contribution in [0.15, 0.2) is 16.3 Å². The SMILES string of the molecule is CNCc1sccc1S(=O)(=O)NC1CCCOC1. The van der Waals surface area contributed by atoms with Crippen molar-refractivity contribution in [2.24, 2.45) is 0 Å². The number of nitrogens with one attached hydrogen (secondary N) is 2. The summed E-state index contributed by atoms with van der Waals surface area (Å²) in [5.41, 5.74) is 0. The average Bonchev–Trinajstić information content (AvgIpc) is 2.79. The van der Waals surface area contributed by atoms with E-state index in [2.05, 4.69) is 10.0 Å². The van der Waals surface area contributed by atoms with Crippen LogP contribution in [-0.4, -0.2) is 34.7 Å². The van der Waals surface area contributed by atoms with Crippen LogP contribution in [0.1, 0.15) is 17.7 Å². The van der Waals surface area contributed by atoms with Gasteiger partial charge < -0.3 is 10.1 Å². The molecule has 1 aliphatic rings. The third-order valence-corrected chi connectivity index (χ3v) is 5.47. The first kappa shape index (κ1) is 14.0. The lowest BCUT2D eigenvalue weighted by Gasteiger charge is -2.23. The van der Waals surface area contributed by atoms with Crippen LogP contribution in [0.5, 0.6) is 0 Å². The Kier molecular flexibility index (Phi) is 4.74. The summed E-state index contributed by atoms with van der Waals surface area (Å²) in [4.78, 5) is 1.22. The van der Waals surface area contributed by atoms with Crippen molar-refractivity contribution in [3.63, 3.8) is 0 Å². The Bertz CT molecular complexity index is 478. The van der Waals surface area contributed by atoms with Gasteiger partial charge in [-0.15, -0.1) is 11.3 Å². The predicted molar refractivity (Wildman–Crippen MR) is 71.2 cm³/mol. The molecule has 5 nitrogen and oxygen atoms in total. The van der Waals surface area contributed by atoms with Crippen molar-refractivity contribution < 1.29 is 13.2 Å². The molecule has 1 fully saturated rings. The fraction of sp³-hybridized carbons (Fsp3) is 0.636. The number of rotatable bonds is 5. The summed E-state index contributed by atoms with van der Waals surface area (Å²) in [5, 5.41) is 4.78. The van der Waals surface area contributed by atoms with E-state index in [0.717, 1.165) is 24.3 Å². The monoisotopic (exact) mass is 290 g/mol. The molecule has 1 aromatic rings. The normalized spacial score (nSPS) is 21.1. The minimum Gasteiger partial charge on any atom is -0.380 e. The molecule has 2 N–H and O–H groups in total. The fourth-order valence-corrected chi connectivity index (χ4v) is 4.68. The van der Waals surface area contributed by atoms with Crippen molar-refractivity contribution in [1.29, 1.82) is 0 Å². The molecule has 102 valence electrons. The molecule has 2 heterocycles. The molecule has 0 radical (unpaired) electrons. The number of thiophene rings is 1. The van der Waals surface area contributed by atoms with Crippen LogP contribution >= 0.6 is 11.3 Å². The van der Waals surface area contributed by atoms with E-state index >= 15 is 0 Å². The summed E-state index contributed by atoms with van der Waals surface area (Å²) >= 11 is 1.45. The van der Waals surface area contributed by atoms with E-state index < -0.39 is 10.0 Å². The number of hydrogen-bond acceptors (Lipinski definition) is 5. The van der Waals surface area contributed by atoms with E-state index in [4.69, 9.17) is 4.74 Å². The molecule has 7 heteroatoms. The summed E-state index contributed by atoms with van der Waals surface area (Å²) in [6.45, 7) is 1.75. The molecule has 2 rings (SSSR count). The van der Waals surface area contributed by atoms with Gasteiger partial charge in [-0.25, -0.2) is 13.1 Å². The van der Waals surface area contributed by atoms with Crippen LogP contribution in [0, 0.1) is 0 Å². The Morgan fingerprint density at radius 3 is 3.06 bits per heavy atom. The Morgan fingerprint density at radius 1 is 1.56 bits per heavy atom. The molecule has 18 heavy (non-hydrogen) atoms. The van der Waals surface area contributed by atoms with Gasteiger partial charge in [-0.1, -0.05) is 0 Å². The second kappa shape index (κ2) is 6.12. The van der Waals surface area contributed by atoms with Gasteiger partial charge in [-0.3, -0.25) is 0 Å². The van der Waals surface area contributed by atoms with Gasteiger partial charge in [0.05, 0.1) is 11.5 Å². The third-order valence-electron chi connectivity index (χ3n) is 2.81. The summed E-state index contributed by atoms with van der Waals surface area (Å²) in [7, 11) is -1.62. The quantitative estimate of drug-likeness (QED) is 0.846. The van der Waals surface area contributed by atoms with Crippen molar-refractivity contribution >= 4 is 21.4 Å². The average molecular weight is 290 g/mol. The van der Waals surface area contributed by atoms with E-state index in [1.54, 1.807) is 18.5 Å². The van der Waals surface area contributed by atoms with Crippen molar-refractivity contribution in [3.8, 4) is 0 Å². The molecular formula is C11H18N2O3S2. The zero-order valence-corrected chi connectivity index (χ0v) is 11.9. The smallest absolute Gasteiger partial charge is 0.242 e. The molecular weight excluding hydrogens is 272 g/mol. The zero-order chi connectivity index (χ0) is 13.0. The molecule has 0 saturated carbocycles. The highest BCUT2D eigenvalue weighted by atomic mass is 32.2. The van der Waals surface area contributed by atoms with Crippen molar-refractivity contribution in [3.05, 3.63) is 16.3 Å². The first-order valence-corrected chi connectivity index (χ1v) is 8.31. The number of hydrogen-bond donors (Lipinski definition) is 2. The molecule has 0 amide bonds. The predicted octanol–water partition coefficient (Wildman–Crippen LogP) is 0.925.